The zero-order chi connectivity index (χ0) is 8.32. The lowest BCUT2D eigenvalue weighted by atomic mass is 9.94. The maximum atomic E-state index is 9.61. The van der Waals surface area contributed by atoms with Gasteiger partial charge in [-0.25, -0.2) is 0 Å². The molecule has 1 heterocycles. The van der Waals surface area contributed by atoms with Crippen molar-refractivity contribution in [3.05, 3.63) is 12.7 Å². The van der Waals surface area contributed by atoms with Crippen molar-refractivity contribution in [2.75, 3.05) is 19.6 Å². The SMILES string of the molecule is C=CCN1CCC(C)(O)CC1. The van der Waals surface area contributed by atoms with Gasteiger partial charge in [-0.05, 0) is 19.8 Å². The fraction of sp³-hybridized carbons (Fsp3) is 0.778. The van der Waals surface area contributed by atoms with Gasteiger partial charge in [0.05, 0.1) is 5.60 Å². The number of rotatable bonds is 2. The number of likely N-dealkylation sites (tertiary alicyclic amines) is 1. The first-order valence-electron chi connectivity index (χ1n) is 4.20. The summed E-state index contributed by atoms with van der Waals surface area (Å²) in [5.41, 5.74) is -0.419. The molecule has 64 valence electrons. The summed E-state index contributed by atoms with van der Waals surface area (Å²) in [5, 5.41) is 9.61. The molecule has 0 radical (unpaired) electrons. The van der Waals surface area contributed by atoms with Gasteiger partial charge in [0.15, 0.2) is 0 Å². The summed E-state index contributed by atoms with van der Waals surface area (Å²) in [7, 11) is 0. The highest BCUT2D eigenvalue weighted by atomic mass is 16.3. The van der Waals surface area contributed by atoms with Crippen LogP contribution in [0.25, 0.3) is 0 Å². The highest BCUT2D eigenvalue weighted by Crippen LogP contribution is 2.20. The monoisotopic (exact) mass is 155 g/mol. The van der Waals surface area contributed by atoms with Gasteiger partial charge in [0.1, 0.15) is 0 Å². The Labute approximate surface area is 68.5 Å². The van der Waals surface area contributed by atoms with Gasteiger partial charge in [0, 0.05) is 19.6 Å². The molecule has 0 unspecified atom stereocenters. The third-order valence-corrected chi connectivity index (χ3v) is 2.32. The number of hydrogen-bond donors (Lipinski definition) is 1. The summed E-state index contributed by atoms with van der Waals surface area (Å²) in [6.07, 6.45) is 3.70. The zero-order valence-corrected chi connectivity index (χ0v) is 7.21. The molecule has 0 aromatic rings. The van der Waals surface area contributed by atoms with E-state index in [0.717, 1.165) is 32.5 Å². The number of piperidine rings is 1. The lowest BCUT2D eigenvalue weighted by Gasteiger charge is -2.35. The largest absolute Gasteiger partial charge is 0.390 e. The molecule has 0 aromatic heterocycles. The van der Waals surface area contributed by atoms with E-state index in [9.17, 15) is 5.11 Å². The quantitative estimate of drug-likeness (QED) is 0.602. The van der Waals surface area contributed by atoms with Crippen molar-refractivity contribution in [1.82, 2.24) is 4.90 Å². The van der Waals surface area contributed by atoms with Gasteiger partial charge >= 0.3 is 0 Å². The van der Waals surface area contributed by atoms with Crippen LogP contribution in [0, 0.1) is 0 Å². The summed E-state index contributed by atoms with van der Waals surface area (Å²) in [6.45, 7) is 8.55. The topological polar surface area (TPSA) is 23.5 Å². The molecule has 11 heavy (non-hydrogen) atoms. The summed E-state index contributed by atoms with van der Waals surface area (Å²) in [4.78, 5) is 2.31. The van der Waals surface area contributed by atoms with Gasteiger partial charge in [-0.3, -0.25) is 4.90 Å². The first-order valence-corrected chi connectivity index (χ1v) is 4.20. The lowest BCUT2D eigenvalue weighted by Crippen LogP contribution is -2.42. The van der Waals surface area contributed by atoms with Gasteiger partial charge < -0.3 is 5.11 Å². The predicted octanol–water partition coefficient (Wildman–Crippen LogP) is 1.02. The zero-order valence-electron chi connectivity index (χ0n) is 7.21. The first kappa shape index (κ1) is 8.75. The molecule has 1 aliphatic heterocycles. The van der Waals surface area contributed by atoms with Gasteiger partial charge in [-0.15, -0.1) is 6.58 Å². The summed E-state index contributed by atoms with van der Waals surface area (Å²) < 4.78 is 0. The van der Waals surface area contributed by atoms with Crippen molar-refractivity contribution in [2.24, 2.45) is 0 Å². The van der Waals surface area contributed by atoms with Crippen LogP contribution in [0.2, 0.25) is 0 Å². The third kappa shape index (κ3) is 2.64. The van der Waals surface area contributed by atoms with Crippen LogP contribution in [0.4, 0.5) is 0 Å². The van der Waals surface area contributed by atoms with Crippen molar-refractivity contribution in [3.8, 4) is 0 Å². The van der Waals surface area contributed by atoms with Gasteiger partial charge in [0.25, 0.3) is 0 Å². The van der Waals surface area contributed by atoms with E-state index in [1.54, 1.807) is 0 Å². The Kier molecular flexibility index (Phi) is 2.68. The molecule has 1 N–H and O–H groups in total. The highest BCUT2D eigenvalue weighted by molar-refractivity contribution is 4.84. The molecule has 2 nitrogen and oxygen atoms in total. The maximum Gasteiger partial charge on any atom is 0.0644 e. The van der Waals surface area contributed by atoms with Crippen LogP contribution < -0.4 is 0 Å². The Balaban J connectivity index is 2.30. The molecule has 0 aromatic carbocycles. The van der Waals surface area contributed by atoms with E-state index in [4.69, 9.17) is 0 Å². The smallest absolute Gasteiger partial charge is 0.0644 e. The second-order valence-corrected chi connectivity index (χ2v) is 3.59. The summed E-state index contributed by atoms with van der Waals surface area (Å²) >= 11 is 0. The molecule has 0 amide bonds. The Morgan fingerprint density at radius 2 is 2.09 bits per heavy atom. The molecule has 0 saturated carbocycles. The third-order valence-electron chi connectivity index (χ3n) is 2.32. The maximum absolute atomic E-state index is 9.61. The normalized spacial score (nSPS) is 24.9. The first-order chi connectivity index (χ1) is 5.14. The minimum Gasteiger partial charge on any atom is -0.390 e. The van der Waals surface area contributed by atoms with Gasteiger partial charge in [-0.2, -0.15) is 0 Å². The fourth-order valence-corrected chi connectivity index (χ4v) is 1.40. The van der Waals surface area contributed by atoms with E-state index >= 15 is 0 Å². The van der Waals surface area contributed by atoms with Crippen molar-refractivity contribution in [2.45, 2.75) is 25.4 Å². The second kappa shape index (κ2) is 3.37. The standard InChI is InChI=1S/C9H17NO/c1-3-6-10-7-4-9(2,11)5-8-10/h3,11H,1,4-8H2,2H3. The molecular formula is C9H17NO. The number of hydrogen-bond acceptors (Lipinski definition) is 2. The molecule has 0 aliphatic carbocycles. The second-order valence-electron chi connectivity index (χ2n) is 3.59. The molecule has 0 spiro atoms. The average molecular weight is 155 g/mol. The Morgan fingerprint density at radius 3 is 2.55 bits per heavy atom. The minimum atomic E-state index is -0.419. The van der Waals surface area contributed by atoms with E-state index in [-0.39, 0.29) is 0 Å². The Morgan fingerprint density at radius 1 is 1.55 bits per heavy atom. The predicted molar refractivity (Wildman–Crippen MR) is 46.5 cm³/mol. The molecule has 1 aliphatic rings. The van der Waals surface area contributed by atoms with Crippen LogP contribution in [0.15, 0.2) is 12.7 Å². The van der Waals surface area contributed by atoms with E-state index in [2.05, 4.69) is 11.5 Å². The van der Waals surface area contributed by atoms with Crippen LogP contribution in [0.3, 0.4) is 0 Å². The minimum absolute atomic E-state index is 0.419. The van der Waals surface area contributed by atoms with Crippen molar-refractivity contribution in [3.63, 3.8) is 0 Å². The van der Waals surface area contributed by atoms with Crippen LogP contribution in [0.5, 0.6) is 0 Å². The van der Waals surface area contributed by atoms with Crippen LogP contribution in [-0.2, 0) is 0 Å². The fourth-order valence-electron chi connectivity index (χ4n) is 1.40. The molecule has 1 rings (SSSR count). The molecule has 1 saturated heterocycles. The summed E-state index contributed by atoms with van der Waals surface area (Å²) in [6, 6.07) is 0. The Hall–Kier alpha value is -0.340. The molecule has 1 fully saturated rings. The van der Waals surface area contributed by atoms with E-state index in [1.807, 2.05) is 13.0 Å². The van der Waals surface area contributed by atoms with Gasteiger partial charge in [-0.1, -0.05) is 6.08 Å². The Bertz CT molecular complexity index is 132. The van der Waals surface area contributed by atoms with Crippen LogP contribution >= 0.6 is 0 Å². The van der Waals surface area contributed by atoms with E-state index in [1.165, 1.54) is 0 Å². The summed E-state index contributed by atoms with van der Waals surface area (Å²) in [5.74, 6) is 0. The van der Waals surface area contributed by atoms with E-state index < -0.39 is 5.60 Å². The van der Waals surface area contributed by atoms with E-state index in [0.29, 0.717) is 0 Å². The van der Waals surface area contributed by atoms with Crippen molar-refractivity contribution < 1.29 is 5.11 Å². The lowest BCUT2D eigenvalue weighted by molar-refractivity contribution is -0.00243. The highest BCUT2D eigenvalue weighted by Gasteiger charge is 2.26. The van der Waals surface area contributed by atoms with Crippen LogP contribution in [-0.4, -0.2) is 35.2 Å². The number of aliphatic hydroxyl groups is 1. The molecule has 0 atom stereocenters. The average Bonchev–Trinajstić information content (AvgIpc) is 1.94. The molecule has 0 bridgehead atoms. The van der Waals surface area contributed by atoms with Gasteiger partial charge in [0.2, 0.25) is 0 Å². The van der Waals surface area contributed by atoms with Crippen LogP contribution in [0.1, 0.15) is 19.8 Å². The molecular weight excluding hydrogens is 138 g/mol. The molecule has 2 heteroatoms. The van der Waals surface area contributed by atoms with Crippen molar-refractivity contribution >= 4 is 0 Å². The van der Waals surface area contributed by atoms with Crippen molar-refractivity contribution in [1.29, 1.82) is 0 Å². The number of nitrogens with zero attached hydrogens (tertiary/aromatic N) is 1.